The number of hydrogen-bond acceptors (Lipinski definition) is 5. The highest BCUT2D eigenvalue weighted by Crippen LogP contribution is 2.57. The molecule has 4 fully saturated rings. The van der Waals surface area contributed by atoms with Gasteiger partial charge in [0.1, 0.15) is 10.4 Å². The molecule has 0 aliphatic heterocycles. The molecule has 4 bridgehead atoms. The van der Waals surface area contributed by atoms with Gasteiger partial charge in [-0.2, -0.15) is 4.31 Å². The number of para-hydroxylation sites is 1. The van der Waals surface area contributed by atoms with Crippen molar-refractivity contribution in [2.45, 2.75) is 73.9 Å². The monoisotopic (exact) mass is 421 g/mol. The summed E-state index contributed by atoms with van der Waals surface area (Å²) in [5, 5.41) is 14.1. The van der Waals surface area contributed by atoms with Crippen LogP contribution in [-0.4, -0.2) is 47.5 Å². The molecule has 8 heteroatoms. The van der Waals surface area contributed by atoms with Crippen molar-refractivity contribution in [3.05, 3.63) is 24.3 Å². The molecule has 1 aromatic rings. The van der Waals surface area contributed by atoms with E-state index in [0.29, 0.717) is 18.3 Å². The van der Waals surface area contributed by atoms with Gasteiger partial charge in [-0.25, -0.2) is 8.42 Å². The van der Waals surface area contributed by atoms with Gasteiger partial charge < -0.3 is 16.2 Å². The van der Waals surface area contributed by atoms with Crippen LogP contribution < -0.4 is 11.1 Å². The summed E-state index contributed by atoms with van der Waals surface area (Å²) in [5.41, 5.74) is 3.58. The van der Waals surface area contributed by atoms with Crippen LogP contribution in [0.3, 0.4) is 0 Å². The van der Waals surface area contributed by atoms with E-state index >= 15 is 0 Å². The van der Waals surface area contributed by atoms with Crippen LogP contribution >= 0.6 is 0 Å². The Bertz CT molecular complexity index is 929. The number of likely N-dealkylation sites (N-methyl/N-ethyl adjacent to an activating group) is 1. The van der Waals surface area contributed by atoms with Crippen LogP contribution in [0.15, 0.2) is 29.2 Å². The summed E-state index contributed by atoms with van der Waals surface area (Å²) in [6.07, 6.45) is 5.01. The Labute approximate surface area is 172 Å². The zero-order chi connectivity index (χ0) is 21.2. The first kappa shape index (κ1) is 20.6. The molecule has 29 heavy (non-hydrogen) atoms. The van der Waals surface area contributed by atoms with E-state index in [1.165, 1.54) is 19.2 Å². The number of nitrogen functional groups attached to an aromatic ring is 1. The third-order valence-electron chi connectivity index (χ3n) is 7.31. The van der Waals surface area contributed by atoms with Crippen LogP contribution in [0.2, 0.25) is 0 Å². The number of carbonyl (C=O) groups is 1. The molecule has 0 radical (unpaired) electrons. The Morgan fingerprint density at radius 1 is 1.21 bits per heavy atom. The Kier molecular flexibility index (Phi) is 4.57. The largest absolute Gasteiger partial charge is 0.398 e. The molecule has 160 valence electrons. The number of anilines is 1. The minimum atomic E-state index is -3.95. The summed E-state index contributed by atoms with van der Waals surface area (Å²) in [6.45, 7) is 3.21. The zero-order valence-electron chi connectivity index (χ0n) is 17.3. The van der Waals surface area contributed by atoms with Crippen LogP contribution in [0.25, 0.3) is 0 Å². The lowest BCUT2D eigenvalue weighted by atomic mass is 9.51. The number of hydrogen-bond donors (Lipinski definition) is 3. The van der Waals surface area contributed by atoms with E-state index in [1.807, 2.05) is 0 Å². The predicted octanol–water partition coefficient (Wildman–Crippen LogP) is 1.87. The van der Waals surface area contributed by atoms with Gasteiger partial charge in [0, 0.05) is 12.6 Å². The smallest absolute Gasteiger partial charge is 0.245 e. The van der Waals surface area contributed by atoms with Gasteiger partial charge in [-0.05, 0) is 76.3 Å². The molecule has 0 heterocycles. The molecule has 4 aliphatic rings. The minimum Gasteiger partial charge on any atom is -0.398 e. The van der Waals surface area contributed by atoms with Crippen molar-refractivity contribution >= 4 is 21.6 Å². The Morgan fingerprint density at radius 2 is 1.79 bits per heavy atom. The average Bonchev–Trinajstić information content (AvgIpc) is 2.58. The number of nitrogens with two attached hydrogens (primary N) is 1. The molecular weight excluding hydrogens is 390 g/mol. The molecule has 0 spiro atoms. The third kappa shape index (κ3) is 3.35. The molecule has 0 aromatic heterocycles. The van der Waals surface area contributed by atoms with E-state index in [1.54, 1.807) is 26.0 Å². The average molecular weight is 422 g/mol. The summed E-state index contributed by atoms with van der Waals surface area (Å²) < 4.78 is 27.4. The van der Waals surface area contributed by atoms with Crippen LogP contribution in [0, 0.1) is 11.8 Å². The fourth-order valence-corrected chi connectivity index (χ4v) is 7.66. The number of nitrogens with one attached hydrogen (secondary N) is 1. The first-order valence-electron chi connectivity index (χ1n) is 10.3. The van der Waals surface area contributed by atoms with E-state index in [-0.39, 0.29) is 16.5 Å². The number of rotatable bonds is 5. The van der Waals surface area contributed by atoms with Crippen molar-refractivity contribution in [1.82, 2.24) is 9.62 Å². The van der Waals surface area contributed by atoms with E-state index in [2.05, 4.69) is 5.32 Å². The van der Waals surface area contributed by atoms with Gasteiger partial charge in [-0.3, -0.25) is 4.79 Å². The summed E-state index contributed by atoms with van der Waals surface area (Å²) >= 11 is 0. The summed E-state index contributed by atoms with van der Waals surface area (Å²) in [6, 6.07) is 6.26. The predicted molar refractivity (Wildman–Crippen MR) is 110 cm³/mol. The molecular formula is C21H31N3O4S. The Balaban J connectivity index is 1.57. The van der Waals surface area contributed by atoms with Crippen LogP contribution in [-0.2, 0) is 14.8 Å². The van der Waals surface area contributed by atoms with E-state index in [0.717, 1.165) is 36.4 Å². The molecule has 0 saturated heterocycles. The van der Waals surface area contributed by atoms with Crippen molar-refractivity contribution in [1.29, 1.82) is 0 Å². The first-order chi connectivity index (χ1) is 13.4. The maximum absolute atomic E-state index is 13.3. The van der Waals surface area contributed by atoms with Gasteiger partial charge in [0.05, 0.1) is 11.3 Å². The molecule has 1 amide bonds. The van der Waals surface area contributed by atoms with Crippen LogP contribution in [0.1, 0.15) is 52.4 Å². The second-order valence-electron chi connectivity index (χ2n) is 9.99. The van der Waals surface area contributed by atoms with Crippen molar-refractivity contribution in [2.75, 3.05) is 12.8 Å². The van der Waals surface area contributed by atoms with Gasteiger partial charge in [-0.15, -0.1) is 0 Å². The number of aliphatic hydroxyl groups is 1. The summed E-state index contributed by atoms with van der Waals surface area (Å²) in [4.78, 5) is 13.3. The van der Waals surface area contributed by atoms with Crippen molar-refractivity contribution in [3.8, 4) is 0 Å². The lowest BCUT2D eigenvalue weighted by Crippen LogP contribution is -2.68. The van der Waals surface area contributed by atoms with Gasteiger partial charge in [0.2, 0.25) is 15.9 Å². The topological polar surface area (TPSA) is 113 Å². The quantitative estimate of drug-likeness (QED) is 0.628. The minimum absolute atomic E-state index is 0.00695. The van der Waals surface area contributed by atoms with Gasteiger partial charge >= 0.3 is 0 Å². The Morgan fingerprint density at radius 3 is 2.34 bits per heavy atom. The number of sulfonamides is 1. The second kappa shape index (κ2) is 6.43. The molecule has 2 atom stereocenters. The molecule has 2 unspecified atom stereocenters. The number of benzene rings is 1. The molecule has 7 nitrogen and oxygen atoms in total. The maximum atomic E-state index is 13.3. The van der Waals surface area contributed by atoms with Crippen molar-refractivity contribution in [3.63, 3.8) is 0 Å². The SMILES string of the molecule is CN(C(C)(C)C(=O)NC12CC3CC(CC(O)(C3)C1)C2)S(=O)(=O)c1ccccc1N. The number of nitrogens with zero attached hydrogens (tertiary/aromatic N) is 1. The summed E-state index contributed by atoms with van der Waals surface area (Å²) in [7, 11) is -2.54. The Hall–Kier alpha value is -1.64. The van der Waals surface area contributed by atoms with E-state index in [4.69, 9.17) is 5.73 Å². The van der Waals surface area contributed by atoms with Gasteiger partial charge in [-0.1, -0.05) is 12.1 Å². The lowest BCUT2D eigenvalue weighted by Gasteiger charge is -2.60. The molecule has 4 aliphatic carbocycles. The highest BCUT2D eigenvalue weighted by Gasteiger charge is 2.58. The number of carbonyl (C=O) groups excluding carboxylic acids is 1. The lowest BCUT2D eigenvalue weighted by molar-refractivity contribution is -0.154. The molecule has 1 aromatic carbocycles. The molecule has 4 N–H and O–H groups in total. The highest BCUT2D eigenvalue weighted by molar-refractivity contribution is 7.89. The van der Waals surface area contributed by atoms with E-state index < -0.39 is 26.7 Å². The van der Waals surface area contributed by atoms with Gasteiger partial charge in [0.15, 0.2) is 0 Å². The molecule has 5 rings (SSSR count). The van der Waals surface area contributed by atoms with Crippen LogP contribution in [0.4, 0.5) is 5.69 Å². The zero-order valence-corrected chi connectivity index (χ0v) is 18.1. The van der Waals surface area contributed by atoms with Crippen molar-refractivity contribution < 1.29 is 18.3 Å². The normalized spacial score (nSPS) is 33.8. The fourth-order valence-electron chi connectivity index (χ4n) is 6.06. The summed E-state index contributed by atoms with van der Waals surface area (Å²) in [5.74, 6) is 0.508. The highest BCUT2D eigenvalue weighted by atomic mass is 32.2. The third-order valence-corrected chi connectivity index (χ3v) is 9.41. The van der Waals surface area contributed by atoms with Crippen LogP contribution in [0.5, 0.6) is 0 Å². The standard InChI is InChI=1S/C21H31N3O4S/c1-19(2,24(3)29(27,28)17-7-5-4-6-16(17)22)18(25)23-20-9-14-8-15(10-20)12-21(26,11-14)13-20/h4-7,14-15,26H,8-13,22H2,1-3H3,(H,23,25). The van der Waals surface area contributed by atoms with Gasteiger partial charge in [0.25, 0.3) is 0 Å². The maximum Gasteiger partial charge on any atom is 0.245 e. The number of amides is 1. The fraction of sp³-hybridized carbons (Fsp3) is 0.667. The van der Waals surface area contributed by atoms with E-state index in [9.17, 15) is 18.3 Å². The van der Waals surface area contributed by atoms with Crippen molar-refractivity contribution in [2.24, 2.45) is 11.8 Å². The molecule has 4 saturated carbocycles. The second-order valence-corrected chi connectivity index (χ2v) is 11.9. The first-order valence-corrected chi connectivity index (χ1v) is 11.7.